The van der Waals surface area contributed by atoms with E-state index in [1.165, 1.54) is 13.2 Å². The Morgan fingerprint density at radius 3 is 2.67 bits per heavy atom. The molecule has 0 aliphatic heterocycles. The van der Waals surface area contributed by atoms with Crippen molar-refractivity contribution in [2.24, 2.45) is 7.05 Å². The van der Waals surface area contributed by atoms with Gasteiger partial charge < -0.3 is 14.0 Å². The molecule has 0 bridgehead atoms. The van der Waals surface area contributed by atoms with Crippen LogP contribution in [0, 0.1) is 0 Å². The van der Waals surface area contributed by atoms with Gasteiger partial charge in [-0.15, -0.1) is 0 Å². The van der Waals surface area contributed by atoms with E-state index in [9.17, 15) is 4.79 Å². The third kappa shape index (κ3) is 3.33. The van der Waals surface area contributed by atoms with E-state index in [-0.39, 0.29) is 5.97 Å². The highest BCUT2D eigenvalue weighted by atomic mass is 16.5. The van der Waals surface area contributed by atoms with Crippen LogP contribution >= 0.6 is 0 Å². The Kier molecular flexibility index (Phi) is 4.66. The largest absolute Gasteiger partial charge is 0.488 e. The standard InChI is InChI=1S/C20H19NO3/c1-21-13-16(11-12-19(22)23-2)20-17(21)9-6-10-18(20)24-14-15-7-4-3-5-8-15/h3-13H,14H2,1-2H3. The number of ether oxygens (including phenoxy) is 2. The zero-order valence-corrected chi connectivity index (χ0v) is 13.7. The minimum Gasteiger partial charge on any atom is -0.488 e. The van der Waals surface area contributed by atoms with Crippen molar-refractivity contribution in [3.63, 3.8) is 0 Å². The molecular weight excluding hydrogens is 302 g/mol. The molecule has 0 saturated heterocycles. The Morgan fingerprint density at radius 2 is 1.92 bits per heavy atom. The first-order valence-electron chi connectivity index (χ1n) is 7.70. The van der Waals surface area contributed by atoms with E-state index in [0.29, 0.717) is 6.61 Å². The molecule has 0 N–H and O–H groups in total. The topological polar surface area (TPSA) is 40.5 Å². The second-order valence-corrected chi connectivity index (χ2v) is 5.48. The number of aryl methyl sites for hydroxylation is 1. The minimum atomic E-state index is -0.380. The van der Waals surface area contributed by atoms with Gasteiger partial charge in [0.25, 0.3) is 0 Å². The van der Waals surface area contributed by atoms with Crippen molar-refractivity contribution >= 4 is 22.9 Å². The number of methoxy groups -OCH3 is 1. The van der Waals surface area contributed by atoms with E-state index in [4.69, 9.17) is 4.74 Å². The lowest BCUT2D eigenvalue weighted by molar-refractivity contribution is -0.134. The summed E-state index contributed by atoms with van der Waals surface area (Å²) in [7, 11) is 3.34. The normalized spacial score (nSPS) is 11.1. The summed E-state index contributed by atoms with van der Waals surface area (Å²) < 4.78 is 12.7. The molecule has 24 heavy (non-hydrogen) atoms. The number of esters is 1. The second-order valence-electron chi connectivity index (χ2n) is 5.48. The highest BCUT2D eigenvalue weighted by molar-refractivity contribution is 5.97. The van der Waals surface area contributed by atoms with Crippen LogP contribution in [0.3, 0.4) is 0 Å². The van der Waals surface area contributed by atoms with E-state index in [1.54, 1.807) is 6.08 Å². The molecule has 4 nitrogen and oxygen atoms in total. The van der Waals surface area contributed by atoms with Gasteiger partial charge in [0.2, 0.25) is 0 Å². The number of aromatic nitrogens is 1. The quantitative estimate of drug-likeness (QED) is 0.528. The van der Waals surface area contributed by atoms with Crippen molar-refractivity contribution in [2.75, 3.05) is 7.11 Å². The second kappa shape index (κ2) is 7.04. The van der Waals surface area contributed by atoms with Crippen molar-refractivity contribution in [3.8, 4) is 5.75 Å². The van der Waals surface area contributed by atoms with E-state index in [1.807, 2.05) is 66.3 Å². The number of carbonyl (C=O) groups excluding carboxylic acids is 1. The van der Waals surface area contributed by atoms with Gasteiger partial charge in [0.1, 0.15) is 12.4 Å². The molecule has 1 aromatic heterocycles. The number of hydrogen-bond acceptors (Lipinski definition) is 3. The number of fused-ring (bicyclic) bond motifs is 1. The Morgan fingerprint density at radius 1 is 1.12 bits per heavy atom. The summed E-state index contributed by atoms with van der Waals surface area (Å²) in [5.74, 6) is 0.413. The van der Waals surface area contributed by atoms with Gasteiger partial charge >= 0.3 is 5.97 Å². The lowest BCUT2D eigenvalue weighted by Crippen LogP contribution is -1.96. The summed E-state index contributed by atoms with van der Waals surface area (Å²) >= 11 is 0. The lowest BCUT2D eigenvalue weighted by atomic mass is 10.1. The maximum absolute atomic E-state index is 11.4. The summed E-state index contributed by atoms with van der Waals surface area (Å²) in [6, 6.07) is 16.0. The first kappa shape index (κ1) is 15.9. The Labute approximate surface area is 140 Å². The van der Waals surface area contributed by atoms with E-state index in [2.05, 4.69) is 4.74 Å². The van der Waals surface area contributed by atoms with Crippen LogP contribution in [0.2, 0.25) is 0 Å². The predicted octanol–water partition coefficient (Wildman–Crippen LogP) is 3.94. The third-order valence-electron chi connectivity index (χ3n) is 3.84. The van der Waals surface area contributed by atoms with Crippen molar-refractivity contribution in [2.45, 2.75) is 6.61 Å². The lowest BCUT2D eigenvalue weighted by Gasteiger charge is -2.09. The summed E-state index contributed by atoms with van der Waals surface area (Å²) in [5.41, 5.74) is 3.07. The first-order valence-corrected chi connectivity index (χ1v) is 7.70. The first-order chi connectivity index (χ1) is 11.7. The zero-order valence-electron chi connectivity index (χ0n) is 13.7. The molecule has 0 atom stereocenters. The highest BCUT2D eigenvalue weighted by Gasteiger charge is 2.11. The van der Waals surface area contributed by atoms with Crippen LogP contribution in [-0.2, 0) is 23.2 Å². The SMILES string of the molecule is COC(=O)C=Cc1cn(C)c2cccc(OCc3ccccc3)c12. The molecule has 0 radical (unpaired) electrons. The molecule has 1 heterocycles. The molecule has 0 amide bonds. The van der Waals surface area contributed by atoms with E-state index in [0.717, 1.165) is 27.8 Å². The van der Waals surface area contributed by atoms with Gasteiger partial charge in [-0.05, 0) is 23.8 Å². The number of hydrogen-bond donors (Lipinski definition) is 0. The molecule has 122 valence electrons. The van der Waals surface area contributed by atoms with Crippen LogP contribution in [0.15, 0.2) is 60.8 Å². The summed E-state index contributed by atoms with van der Waals surface area (Å²) in [6.07, 6.45) is 5.14. The average Bonchev–Trinajstić information content (AvgIpc) is 2.95. The van der Waals surface area contributed by atoms with Gasteiger partial charge in [0.15, 0.2) is 0 Å². The minimum absolute atomic E-state index is 0.380. The molecule has 2 aromatic carbocycles. The van der Waals surface area contributed by atoms with Crippen LogP contribution in [0.1, 0.15) is 11.1 Å². The van der Waals surface area contributed by atoms with Crippen molar-refractivity contribution < 1.29 is 14.3 Å². The number of carbonyl (C=O) groups is 1. The number of rotatable bonds is 5. The molecule has 4 heteroatoms. The van der Waals surface area contributed by atoms with Gasteiger partial charge in [-0.3, -0.25) is 0 Å². The summed E-state index contributed by atoms with van der Waals surface area (Å²) in [5, 5.41) is 0.982. The fourth-order valence-corrected chi connectivity index (χ4v) is 2.65. The molecule has 3 aromatic rings. The predicted molar refractivity (Wildman–Crippen MR) is 94.7 cm³/mol. The van der Waals surface area contributed by atoms with Crippen LogP contribution < -0.4 is 4.74 Å². The van der Waals surface area contributed by atoms with Gasteiger partial charge in [-0.25, -0.2) is 4.79 Å². The van der Waals surface area contributed by atoms with Crippen LogP contribution in [-0.4, -0.2) is 17.6 Å². The number of benzene rings is 2. The van der Waals surface area contributed by atoms with Crippen molar-refractivity contribution in [1.29, 1.82) is 0 Å². The Hall–Kier alpha value is -3.01. The molecule has 0 unspecified atom stereocenters. The molecule has 3 rings (SSSR count). The van der Waals surface area contributed by atoms with Gasteiger partial charge in [-0.2, -0.15) is 0 Å². The number of nitrogens with zero attached hydrogens (tertiary/aromatic N) is 1. The monoisotopic (exact) mass is 321 g/mol. The van der Waals surface area contributed by atoms with Crippen LogP contribution in [0.5, 0.6) is 5.75 Å². The van der Waals surface area contributed by atoms with E-state index < -0.39 is 0 Å². The van der Waals surface area contributed by atoms with Crippen molar-refractivity contribution in [3.05, 3.63) is 71.9 Å². The highest BCUT2D eigenvalue weighted by Crippen LogP contribution is 2.31. The van der Waals surface area contributed by atoms with Crippen LogP contribution in [0.25, 0.3) is 17.0 Å². The van der Waals surface area contributed by atoms with E-state index >= 15 is 0 Å². The van der Waals surface area contributed by atoms with Gasteiger partial charge in [-0.1, -0.05) is 36.4 Å². The molecule has 0 aliphatic rings. The zero-order chi connectivity index (χ0) is 16.9. The molecule has 0 aliphatic carbocycles. The maximum atomic E-state index is 11.4. The van der Waals surface area contributed by atoms with Gasteiger partial charge in [0, 0.05) is 30.3 Å². The Balaban J connectivity index is 1.95. The maximum Gasteiger partial charge on any atom is 0.330 e. The van der Waals surface area contributed by atoms with Crippen molar-refractivity contribution in [1.82, 2.24) is 4.57 Å². The summed E-state index contributed by atoms with van der Waals surface area (Å²) in [6.45, 7) is 0.495. The smallest absolute Gasteiger partial charge is 0.330 e. The molecule has 0 fully saturated rings. The average molecular weight is 321 g/mol. The van der Waals surface area contributed by atoms with Crippen LogP contribution in [0.4, 0.5) is 0 Å². The fraction of sp³-hybridized carbons (Fsp3) is 0.150. The fourth-order valence-electron chi connectivity index (χ4n) is 2.65. The summed E-state index contributed by atoms with van der Waals surface area (Å²) in [4.78, 5) is 11.4. The molecule has 0 saturated carbocycles. The Bertz CT molecular complexity index is 879. The molecular formula is C20H19NO3. The molecule has 0 spiro atoms. The third-order valence-corrected chi connectivity index (χ3v) is 3.84. The van der Waals surface area contributed by atoms with Gasteiger partial charge in [0.05, 0.1) is 12.6 Å².